The van der Waals surface area contributed by atoms with Crippen LogP contribution in [0.4, 0.5) is 24.5 Å². The smallest absolute Gasteiger partial charge is 0.397 e. The third kappa shape index (κ3) is 3.78. The molecule has 0 saturated heterocycles. The maximum Gasteiger partial charge on any atom is 0.416 e. The summed E-state index contributed by atoms with van der Waals surface area (Å²) in [7, 11) is 1.46. The molecular formula is C11H15F3N2O2. The second kappa shape index (κ2) is 5.92. The largest absolute Gasteiger partial charge is 0.416 e. The maximum atomic E-state index is 12.4. The lowest BCUT2D eigenvalue weighted by atomic mass is 10.1. The average Bonchev–Trinajstić information content (AvgIpc) is 2.29. The molecule has 0 aromatic heterocycles. The zero-order valence-corrected chi connectivity index (χ0v) is 9.79. The summed E-state index contributed by atoms with van der Waals surface area (Å²) in [5.41, 5.74) is 5.03. The lowest BCUT2D eigenvalue weighted by molar-refractivity contribution is -0.137. The summed E-state index contributed by atoms with van der Waals surface area (Å²) in [5.74, 6) is 0. The first-order chi connectivity index (χ1) is 8.38. The van der Waals surface area contributed by atoms with E-state index in [1.807, 2.05) is 0 Å². The molecule has 4 N–H and O–H groups in total. The molecule has 7 heteroatoms. The van der Waals surface area contributed by atoms with E-state index in [4.69, 9.17) is 15.6 Å². The Hall–Kier alpha value is -1.47. The van der Waals surface area contributed by atoms with Crippen molar-refractivity contribution in [2.45, 2.75) is 12.2 Å². The number of rotatable bonds is 5. The Morgan fingerprint density at radius 2 is 2.11 bits per heavy atom. The molecule has 1 aromatic carbocycles. The molecule has 0 bridgehead atoms. The fourth-order valence-electron chi connectivity index (χ4n) is 1.43. The SMILES string of the molecule is COCC(CO)Nc1ccc(C(F)(F)F)cc1N. The molecule has 0 aliphatic heterocycles. The Morgan fingerprint density at radius 1 is 1.44 bits per heavy atom. The van der Waals surface area contributed by atoms with Crippen molar-refractivity contribution in [1.82, 2.24) is 0 Å². The third-order valence-corrected chi connectivity index (χ3v) is 2.33. The second-order valence-corrected chi connectivity index (χ2v) is 3.78. The van der Waals surface area contributed by atoms with Gasteiger partial charge in [0.25, 0.3) is 0 Å². The van der Waals surface area contributed by atoms with Crippen LogP contribution in [0.25, 0.3) is 0 Å². The van der Waals surface area contributed by atoms with Crippen LogP contribution in [0.3, 0.4) is 0 Å². The van der Waals surface area contributed by atoms with Crippen molar-refractivity contribution in [3.05, 3.63) is 23.8 Å². The van der Waals surface area contributed by atoms with Crippen LogP contribution in [0.5, 0.6) is 0 Å². The number of methoxy groups -OCH3 is 1. The van der Waals surface area contributed by atoms with Crippen molar-refractivity contribution in [1.29, 1.82) is 0 Å². The topological polar surface area (TPSA) is 67.5 Å². The predicted octanol–water partition coefficient (Wildman–Crippen LogP) is 1.71. The minimum Gasteiger partial charge on any atom is -0.397 e. The molecule has 1 atom stereocenters. The third-order valence-electron chi connectivity index (χ3n) is 2.33. The minimum absolute atomic E-state index is 0.0284. The molecule has 4 nitrogen and oxygen atoms in total. The van der Waals surface area contributed by atoms with E-state index in [2.05, 4.69) is 5.32 Å². The molecule has 1 unspecified atom stereocenters. The average molecular weight is 264 g/mol. The molecule has 0 aliphatic carbocycles. The van der Waals surface area contributed by atoms with Crippen molar-refractivity contribution in [3.63, 3.8) is 0 Å². The molecule has 102 valence electrons. The molecule has 0 amide bonds. The van der Waals surface area contributed by atoms with Gasteiger partial charge in [-0.1, -0.05) is 0 Å². The normalized spacial score (nSPS) is 13.4. The van der Waals surface area contributed by atoms with Crippen LogP contribution in [-0.4, -0.2) is 31.5 Å². The number of anilines is 2. The van der Waals surface area contributed by atoms with Crippen LogP contribution in [0.2, 0.25) is 0 Å². The number of alkyl halides is 3. The monoisotopic (exact) mass is 264 g/mol. The van der Waals surface area contributed by atoms with E-state index in [9.17, 15) is 13.2 Å². The first-order valence-electron chi connectivity index (χ1n) is 5.21. The van der Waals surface area contributed by atoms with Gasteiger partial charge in [-0.25, -0.2) is 0 Å². The number of aliphatic hydroxyl groups excluding tert-OH is 1. The number of halogens is 3. The molecule has 0 fully saturated rings. The Morgan fingerprint density at radius 3 is 2.56 bits per heavy atom. The molecule has 0 saturated carbocycles. The van der Waals surface area contributed by atoms with Gasteiger partial charge in [0.1, 0.15) is 0 Å². The van der Waals surface area contributed by atoms with Crippen LogP contribution in [-0.2, 0) is 10.9 Å². The lowest BCUT2D eigenvalue weighted by Crippen LogP contribution is -2.29. The quantitative estimate of drug-likeness (QED) is 0.708. The molecule has 0 aliphatic rings. The van der Waals surface area contributed by atoms with Gasteiger partial charge in [0.2, 0.25) is 0 Å². The highest BCUT2D eigenvalue weighted by atomic mass is 19.4. The zero-order valence-electron chi connectivity index (χ0n) is 9.79. The summed E-state index contributed by atoms with van der Waals surface area (Å²) in [6.07, 6.45) is -4.42. The number of benzene rings is 1. The van der Waals surface area contributed by atoms with Gasteiger partial charge in [0.05, 0.1) is 36.2 Å². The summed E-state index contributed by atoms with van der Waals surface area (Å²) in [6.45, 7) is 0.00522. The van der Waals surface area contributed by atoms with Crippen LogP contribution in [0, 0.1) is 0 Å². The van der Waals surface area contributed by atoms with Crippen LogP contribution in [0.1, 0.15) is 5.56 Å². The van der Waals surface area contributed by atoms with E-state index in [0.29, 0.717) is 5.69 Å². The van der Waals surface area contributed by atoms with Gasteiger partial charge in [0, 0.05) is 7.11 Å². The second-order valence-electron chi connectivity index (χ2n) is 3.78. The predicted molar refractivity (Wildman–Crippen MR) is 62.2 cm³/mol. The van der Waals surface area contributed by atoms with E-state index in [1.54, 1.807) is 0 Å². The highest BCUT2D eigenvalue weighted by Crippen LogP contribution is 2.32. The molecule has 0 heterocycles. The first-order valence-corrected chi connectivity index (χ1v) is 5.21. The molecule has 1 rings (SSSR count). The molecule has 0 radical (unpaired) electrons. The number of hydrogen-bond donors (Lipinski definition) is 3. The van der Waals surface area contributed by atoms with Crippen molar-refractivity contribution in [2.75, 3.05) is 31.4 Å². The highest BCUT2D eigenvalue weighted by Gasteiger charge is 2.30. The van der Waals surface area contributed by atoms with E-state index >= 15 is 0 Å². The first kappa shape index (κ1) is 14.6. The number of nitrogens with one attached hydrogen (secondary N) is 1. The van der Waals surface area contributed by atoms with Crippen molar-refractivity contribution in [2.24, 2.45) is 0 Å². The summed E-state index contributed by atoms with van der Waals surface area (Å²) >= 11 is 0. The van der Waals surface area contributed by atoms with Crippen LogP contribution < -0.4 is 11.1 Å². The standard InChI is InChI=1S/C11H15F3N2O2/c1-18-6-8(5-17)16-10-3-2-7(4-9(10)15)11(12,13)14/h2-4,8,16-17H,5-6,15H2,1H3. The van der Waals surface area contributed by atoms with Crippen LogP contribution in [0.15, 0.2) is 18.2 Å². The Labute approximate surface area is 103 Å². The fourth-order valence-corrected chi connectivity index (χ4v) is 1.43. The van der Waals surface area contributed by atoms with Gasteiger partial charge in [-0.3, -0.25) is 0 Å². The van der Waals surface area contributed by atoms with Gasteiger partial charge in [-0.2, -0.15) is 13.2 Å². The number of nitrogen functional groups attached to an aromatic ring is 1. The lowest BCUT2D eigenvalue weighted by Gasteiger charge is -2.18. The molecule has 0 spiro atoms. The van der Waals surface area contributed by atoms with Gasteiger partial charge >= 0.3 is 6.18 Å². The number of hydrogen-bond acceptors (Lipinski definition) is 4. The Bertz CT molecular complexity index is 396. The maximum absolute atomic E-state index is 12.4. The number of nitrogens with two attached hydrogens (primary N) is 1. The summed E-state index contributed by atoms with van der Waals surface area (Å²) in [5, 5.41) is 11.8. The van der Waals surface area contributed by atoms with Crippen molar-refractivity contribution in [3.8, 4) is 0 Å². The zero-order chi connectivity index (χ0) is 13.8. The van der Waals surface area contributed by atoms with Gasteiger partial charge in [0.15, 0.2) is 0 Å². The highest BCUT2D eigenvalue weighted by molar-refractivity contribution is 5.67. The van der Waals surface area contributed by atoms with Gasteiger partial charge in [-0.15, -0.1) is 0 Å². The minimum atomic E-state index is -4.42. The Kier molecular flexibility index (Phi) is 4.80. The van der Waals surface area contributed by atoms with Crippen molar-refractivity contribution >= 4 is 11.4 Å². The molecule has 1 aromatic rings. The summed E-state index contributed by atoms with van der Waals surface area (Å²) in [6, 6.07) is 2.59. The van der Waals surface area contributed by atoms with E-state index < -0.39 is 17.8 Å². The van der Waals surface area contributed by atoms with E-state index in [0.717, 1.165) is 12.1 Å². The molecule has 18 heavy (non-hydrogen) atoms. The van der Waals surface area contributed by atoms with Gasteiger partial charge < -0.3 is 20.9 Å². The summed E-state index contributed by atoms with van der Waals surface area (Å²) in [4.78, 5) is 0. The van der Waals surface area contributed by atoms with Crippen molar-refractivity contribution < 1.29 is 23.0 Å². The van der Waals surface area contributed by atoms with Crippen LogP contribution >= 0.6 is 0 Å². The van der Waals surface area contributed by atoms with Gasteiger partial charge in [-0.05, 0) is 18.2 Å². The number of aliphatic hydroxyl groups is 1. The van der Waals surface area contributed by atoms with E-state index in [1.165, 1.54) is 13.2 Å². The van der Waals surface area contributed by atoms with E-state index in [-0.39, 0.29) is 18.9 Å². The number of ether oxygens (including phenoxy) is 1. The molecular weight excluding hydrogens is 249 g/mol. The fraction of sp³-hybridized carbons (Fsp3) is 0.455. The summed E-state index contributed by atoms with van der Waals surface area (Å²) < 4.78 is 42.1. The Balaban J connectivity index is 2.85.